The smallest absolute Gasteiger partial charge is 0.219 e. The van der Waals surface area contributed by atoms with E-state index in [0.29, 0.717) is 29.6 Å². The molecule has 2 nitrogen and oxygen atoms in total. The van der Waals surface area contributed by atoms with Crippen LogP contribution in [0.4, 0.5) is 0 Å². The number of thioether (sulfide) groups is 1. The van der Waals surface area contributed by atoms with Gasteiger partial charge < -0.3 is 4.74 Å². The molecule has 0 amide bonds. The van der Waals surface area contributed by atoms with E-state index in [0.717, 1.165) is 0 Å². The Bertz CT molecular complexity index is 311. The molecule has 0 unspecified atom stereocenters. The Labute approximate surface area is 99.0 Å². The van der Waals surface area contributed by atoms with Crippen LogP contribution in [0.15, 0.2) is 24.3 Å². The van der Waals surface area contributed by atoms with Gasteiger partial charge in [0.05, 0.1) is 6.61 Å². The number of hydrogen-bond acceptors (Lipinski definition) is 3. The molecule has 0 spiro atoms. The van der Waals surface area contributed by atoms with Crippen molar-refractivity contribution in [2.45, 2.75) is 6.92 Å². The highest BCUT2D eigenvalue weighted by Gasteiger charge is 2.05. The van der Waals surface area contributed by atoms with E-state index < -0.39 is 0 Å². The Balaban J connectivity index is 2.37. The third kappa shape index (κ3) is 4.69. The lowest BCUT2D eigenvalue weighted by atomic mass is 10.2. The van der Waals surface area contributed by atoms with Crippen LogP contribution in [0, 0.1) is 0 Å². The van der Waals surface area contributed by atoms with Gasteiger partial charge >= 0.3 is 0 Å². The fraction of sp³-hybridized carbons (Fsp3) is 0.364. The van der Waals surface area contributed by atoms with E-state index in [-0.39, 0.29) is 5.12 Å². The molecule has 0 fully saturated rings. The molecule has 1 rings (SSSR count). The average Bonchev–Trinajstić information content (AvgIpc) is 2.25. The number of rotatable bonds is 5. The lowest BCUT2D eigenvalue weighted by molar-refractivity contribution is 0.108. The Hall–Kier alpha value is -0.510. The third-order valence-electron chi connectivity index (χ3n) is 1.74. The van der Waals surface area contributed by atoms with Crippen LogP contribution in [-0.2, 0) is 4.74 Å². The normalized spacial score (nSPS) is 10.3. The molecule has 0 aromatic heterocycles. The van der Waals surface area contributed by atoms with Crippen LogP contribution in [0.25, 0.3) is 0 Å². The van der Waals surface area contributed by atoms with Crippen molar-refractivity contribution in [1.82, 2.24) is 0 Å². The molecule has 1 aromatic rings. The van der Waals surface area contributed by atoms with E-state index in [2.05, 4.69) is 0 Å². The van der Waals surface area contributed by atoms with Gasteiger partial charge in [-0.05, 0) is 31.2 Å². The minimum Gasteiger partial charge on any atom is -0.381 e. The number of carbonyl (C=O) groups is 1. The van der Waals surface area contributed by atoms with Gasteiger partial charge in [-0.2, -0.15) is 0 Å². The van der Waals surface area contributed by atoms with Crippen LogP contribution in [0.3, 0.4) is 0 Å². The summed E-state index contributed by atoms with van der Waals surface area (Å²) in [5.41, 5.74) is 0.681. The van der Waals surface area contributed by atoms with Crippen molar-refractivity contribution in [2.24, 2.45) is 0 Å². The highest BCUT2D eigenvalue weighted by atomic mass is 35.5. The molecular weight excluding hydrogens is 232 g/mol. The third-order valence-corrected chi connectivity index (χ3v) is 2.87. The summed E-state index contributed by atoms with van der Waals surface area (Å²) in [6.45, 7) is 3.24. The lowest BCUT2D eigenvalue weighted by Gasteiger charge is -2.01. The predicted molar refractivity (Wildman–Crippen MR) is 64.7 cm³/mol. The van der Waals surface area contributed by atoms with E-state index in [1.807, 2.05) is 6.92 Å². The molecule has 0 atom stereocenters. The van der Waals surface area contributed by atoms with E-state index >= 15 is 0 Å². The zero-order chi connectivity index (χ0) is 11.1. The molecule has 0 N–H and O–H groups in total. The summed E-state index contributed by atoms with van der Waals surface area (Å²) in [6.07, 6.45) is 0. The number of ether oxygens (including phenoxy) is 1. The van der Waals surface area contributed by atoms with Crippen molar-refractivity contribution in [3.63, 3.8) is 0 Å². The first-order valence-corrected chi connectivity index (χ1v) is 6.11. The fourth-order valence-corrected chi connectivity index (χ4v) is 1.82. The van der Waals surface area contributed by atoms with Crippen LogP contribution in [0.2, 0.25) is 5.02 Å². The summed E-state index contributed by atoms with van der Waals surface area (Å²) in [5, 5.41) is 0.706. The molecule has 0 aliphatic carbocycles. The predicted octanol–water partition coefficient (Wildman–Crippen LogP) is 3.25. The summed E-state index contributed by atoms with van der Waals surface area (Å²) >= 11 is 6.99. The molecule has 1 aromatic carbocycles. The van der Waals surface area contributed by atoms with Gasteiger partial charge in [0.15, 0.2) is 0 Å². The van der Waals surface area contributed by atoms with Crippen LogP contribution >= 0.6 is 23.4 Å². The highest BCUT2D eigenvalue weighted by Crippen LogP contribution is 2.15. The second-order valence-corrected chi connectivity index (χ2v) is 4.34. The molecule has 0 heterocycles. The van der Waals surface area contributed by atoms with Gasteiger partial charge in [-0.25, -0.2) is 0 Å². The van der Waals surface area contributed by atoms with Crippen molar-refractivity contribution >= 4 is 28.5 Å². The maximum Gasteiger partial charge on any atom is 0.219 e. The first-order chi connectivity index (χ1) is 7.24. The second-order valence-electron chi connectivity index (χ2n) is 2.84. The second kappa shape index (κ2) is 6.88. The molecule has 82 valence electrons. The van der Waals surface area contributed by atoms with Crippen molar-refractivity contribution < 1.29 is 9.53 Å². The van der Waals surface area contributed by atoms with E-state index in [1.165, 1.54) is 11.8 Å². The quantitative estimate of drug-likeness (QED) is 0.744. The van der Waals surface area contributed by atoms with Crippen molar-refractivity contribution in [1.29, 1.82) is 0 Å². The number of carbonyl (C=O) groups excluding carboxylic acids is 1. The SMILES string of the molecule is CCOCCSC(=O)c1ccc(Cl)cc1. The average molecular weight is 245 g/mol. The molecule has 0 aliphatic rings. The molecule has 4 heteroatoms. The van der Waals surface area contributed by atoms with E-state index in [4.69, 9.17) is 16.3 Å². The summed E-state index contributed by atoms with van der Waals surface area (Å²) < 4.78 is 5.14. The van der Waals surface area contributed by atoms with Gasteiger partial charge in [0.25, 0.3) is 0 Å². The Morgan fingerprint density at radius 3 is 2.67 bits per heavy atom. The molecule has 0 saturated heterocycles. The maximum atomic E-state index is 11.6. The monoisotopic (exact) mass is 244 g/mol. The molecule has 0 aliphatic heterocycles. The van der Waals surface area contributed by atoms with Gasteiger partial charge in [0.2, 0.25) is 5.12 Å². The number of benzene rings is 1. The summed E-state index contributed by atoms with van der Waals surface area (Å²) in [6, 6.07) is 6.91. The summed E-state index contributed by atoms with van der Waals surface area (Å²) in [5.74, 6) is 0.690. The van der Waals surface area contributed by atoms with Gasteiger partial charge in [-0.3, -0.25) is 4.79 Å². The molecule has 0 radical (unpaired) electrons. The zero-order valence-corrected chi connectivity index (χ0v) is 10.1. The fourth-order valence-electron chi connectivity index (χ4n) is 1.01. The Kier molecular flexibility index (Phi) is 5.76. The van der Waals surface area contributed by atoms with Gasteiger partial charge in [-0.15, -0.1) is 0 Å². The van der Waals surface area contributed by atoms with Gasteiger partial charge in [-0.1, -0.05) is 23.4 Å². The first kappa shape index (κ1) is 12.6. The molecule has 0 bridgehead atoms. The summed E-state index contributed by atoms with van der Waals surface area (Å²) in [7, 11) is 0. The van der Waals surface area contributed by atoms with Crippen LogP contribution < -0.4 is 0 Å². The van der Waals surface area contributed by atoms with Crippen LogP contribution in [0.1, 0.15) is 17.3 Å². The van der Waals surface area contributed by atoms with E-state index in [9.17, 15) is 4.79 Å². The maximum absolute atomic E-state index is 11.6. The lowest BCUT2D eigenvalue weighted by Crippen LogP contribution is -2.00. The minimum atomic E-state index is 0.0615. The zero-order valence-electron chi connectivity index (χ0n) is 8.53. The number of halogens is 1. The molecule has 0 saturated carbocycles. The largest absolute Gasteiger partial charge is 0.381 e. The minimum absolute atomic E-state index is 0.0615. The Morgan fingerprint density at radius 2 is 2.07 bits per heavy atom. The van der Waals surface area contributed by atoms with Gasteiger partial charge in [0.1, 0.15) is 0 Å². The van der Waals surface area contributed by atoms with Crippen molar-refractivity contribution in [3.05, 3.63) is 34.9 Å². The topological polar surface area (TPSA) is 26.3 Å². The summed E-state index contributed by atoms with van der Waals surface area (Å²) in [4.78, 5) is 11.6. The molecule has 15 heavy (non-hydrogen) atoms. The van der Waals surface area contributed by atoms with Crippen molar-refractivity contribution in [3.8, 4) is 0 Å². The van der Waals surface area contributed by atoms with Crippen LogP contribution in [0.5, 0.6) is 0 Å². The number of hydrogen-bond donors (Lipinski definition) is 0. The Morgan fingerprint density at radius 1 is 1.40 bits per heavy atom. The highest BCUT2D eigenvalue weighted by molar-refractivity contribution is 8.14. The molecular formula is C11H13ClO2S. The van der Waals surface area contributed by atoms with Gasteiger partial charge in [0, 0.05) is 22.9 Å². The first-order valence-electron chi connectivity index (χ1n) is 4.74. The van der Waals surface area contributed by atoms with Crippen molar-refractivity contribution in [2.75, 3.05) is 19.0 Å². The van der Waals surface area contributed by atoms with E-state index in [1.54, 1.807) is 24.3 Å². The standard InChI is InChI=1S/C11H13ClO2S/c1-2-14-7-8-15-11(13)9-3-5-10(12)6-4-9/h3-6H,2,7-8H2,1H3. The van der Waals surface area contributed by atoms with Crippen LogP contribution in [-0.4, -0.2) is 24.1 Å².